The van der Waals surface area contributed by atoms with E-state index in [1.54, 1.807) is 0 Å². The molecule has 0 radical (unpaired) electrons. The van der Waals surface area contributed by atoms with E-state index in [2.05, 4.69) is 9.88 Å². The molecule has 0 amide bonds. The van der Waals surface area contributed by atoms with Crippen molar-refractivity contribution in [2.45, 2.75) is 26.7 Å². The molecule has 21 heavy (non-hydrogen) atoms. The van der Waals surface area contributed by atoms with E-state index in [0.29, 0.717) is 11.5 Å². The number of pyridine rings is 1. The SMILES string of the molecule is COC(=O)C1CCCN(c2nc(C)cc(C)c2C(N)=S)C1. The summed E-state index contributed by atoms with van der Waals surface area (Å²) in [5.41, 5.74) is 8.61. The van der Waals surface area contributed by atoms with Crippen LogP contribution in [0.4, 0.5) is 5.82 Å². The third-order valence-corrected chi connectivity index (χ3v) is 4.03. The van der Waals surface area contributed by atoms with Gasteiger partial charge in [0.1, 0.15) is 10.8 Å². The second-order valence-corrected chi connectivity index (χ2v) is 5.89. The van der Waals surface area contributed by atoms with Crippen molar-refractivity contribution in [2.24, 2.45) is 11.7 Å². The van der Waals surface area contributed by atoms with Gasteiger partial charge in [-0.25, -0.2) is 4.98 Å². The van der Waals surface area contributed by atoms with Gasteiger partial charge in [-0.05, 0) is 38.3 Å². The number of thiocarbonyl (C=S) groups is 1. The Morgan fingerprint density at radius 2 is 2.24 bits per heavy atom. The number of ether oxygens (including phenoxy) is 1. The number of aromatic nitrogens is 1. The number of methoxy groups -OCH3 is 1. The second kappa shape index (κ2) is 6.39. The highest BCUT2D eigenvalue weighted by atomic mass is 32.1. The molecular formula is C15H21N3O2S. The standard InChI is InChI=1S/C15H21N3O2S/c1-9-7-10(2)17-14(12(9)13(16)21)18-6-4-5-11(8-18)15(19)20-3/h7,11H,4-6,8H2,1-3H3,(H2,16,21). The van der Waals surface area contributed by atoms with Gasteiger partial charge in [0.25, 0.3) is 0 Å². The number of hydrogen-bond acceptors (Lipinski definition) is 5. The van der Waals surface area contributed by atoms with Gasteiger partial charge < -0.3 is 15.4 Å². The fraction of sp³-hybridized carbons (Fsp3) is 0.533. The zero-order valence-electron chi connectivity index (χ0n) is 12.7. The molecule has 1 aliphatic rings. The van der Waals surface area contributed by atoms with Gasteiger partial charge in [-0.1, -0.05) is 12.2 Å². The van der Waals surface area contributed by atoms with Crippen LogP contribution < -0.4 is 10.6 Å². The van der Waals surface area contributed by atoms with Gasteiger partial charge in [0.15, 0.2) is 0 Å². The average Bonchev–Trinajstić information content (AvgIpc) is 2.45. The van der Waals surface area contributed by atoms with E-state index in [-0.39, 0.29) is 11.9 Å². The zero-order chi connectivity index (χ0) is 15.6. The molecule has 114 valence electrons. The van der Waals surface area contributed by atoms with E-state index < -0.39 is 0 Å². The summed E-state index contributed by atoms with van der Waals surface area (Å²) in [6.07, 6.45) is 1.77. The van der Waals surface area contributed by atoms with Crippen molar-refractivity contribution in [3.05, 3.63) is 22.9 Å². The Labute approximate surface area is 130 Å². The van der Waals surface area contributed by atoms with Crippen molar-refractivity contribution in [1.82, 2.24) is 4.98 Å². The van der Waals surface area contributed by atoms with Gasteiger partial charge in [-0.3, -0.25) is 4.79 Å². The number of esters is 1. The van der Waals surface area contributed by atoms with E-state index in [9.17, 15) is 4.79 Å². The van der Waals surface area contributed by atoms with Crippen LogP contribution in [0.2, 0.25) is 0 Å². The minimum Gasteiger partial charge on any atom is -0.469 e. The maximum Gasteiger partial charge on any atom is 0.310 e. The van der Waals surface area contributed by atoms with Gasteiger partial charge in [0.05, 0.1) is 18.6 Å². The van der Waals surface area contributed by atoms with E-state index in [4.69, 9.17) is 22.7 Å². The maximum atomic E-state index is 11.8. The predicted octanol–water partition coefficient (Wildman–Crippen LogP) is 1.72. The van der Waals surface area contributed by atoms with Crippen molar-refractivity contribution in [3.8, 4) is 0 Å². The molecule has 2 heterocycles. The predicted molar refractivity (Wildman–Crippen MR) is 86.6 cm³/mol. The molecule has 1 aromatic rings. The Hall–Kier alpha value is -1.69. The fourth-order valence-corrected chi connectivity index (χ4v) is 3.13. The number of hydrogen-bond donors (Lipinski definition) is 1. The first-order valence-electron chi connectivity index (χ1n) is 7.05. The summed E-state index contributed by atoms with van der Waals surface area (Å²) in [6, 6.07) is 1.97. The van der Waals surface area contributed by atoms with Gasteiger partial charge >= 0.3 is 5.97 Å². The average molecular weight is 307 g/mol. The fourth-order valence-electron chi connectivity index (χ4n) is 2.88. The number of rotatable bonds is 3. The molecule has 2 rings (SSSR count). The first kappa shape index (κ1) is 15.7. The van der Waals surface area contributed by atoms with Crippen LogP contribution in [0.5, 0.6) is 0 Å². The van der Waals surface area contributed by atoms with Gasteiger partial charge in [-0.15, -0.1) is 0 Å². The molecule has 0 aromatic carbocycles. The van der Waals surface area contributed by atoms with E-state index >= 15 is 0 Å². The quantitative estimate of drug-likeness (QED) is 0.677. The molecule has 1 saturated heterocycles. The smallest absolute Gasteiger partial charge is 0.310 e. The summed E-state index contributed by atoms with van der Waals surface area (Å²) < 4.78 is 4.86. The Morgan fingerprint density at radius 3 is 2.86 bits per heavy atom. The third kappa shape index (κ3) is 3.32. The third-order valence-electron chi connectivity index (χ3n) is 3.83. The van der Waals surface area contributed by atoms with Crippen LogP contribution in [0.3, 0.4) is 0 Å². The monoisotopic (exact) mass is 307 g/mol. The molecule has 2 N–H and O–H groups in total. The van der Waals surface area contributed by atoms with Crippen LogP contribution in [-0.4, -0.2) is 36.1 Å². The van der Waals surface area contributed by atoms with E-state index in [1.165, 1.54) is 7.11 Å². The highest BCUT2D eigenvalue weighted by Gasteiger charge is 2.29. The molecule has 5 nitrogen and oxygen atoms in total. The summed E-state index contributed by atoms with van der Waals surface area (Å²) in [7, 11) is 1.43. The normalized spacial score (nSPS) is 18.4. The number of anilines is 1. The Bertz CT molecular complexity index is 574. The summed E-state index contributed by atoms with van der Waals surface area (Å²) >= 11 is 5.17. The maximum absolute atomic E-state index is 11.8. The lowest BCUT2D eigenvalue weighted by molar-refractivity contribution is -0.145. The molecule has 1 aromatic heterocycles. The topological polar surface area (TPSA) is 68.5 Å². The van der Waals surface area contributed by atoms with Crippen LogP contribution in [0.15, 0.2) is 6.07 Å². The minimum absolute atomic E-state index is 0.120. The van der Waals surface area contributed by atoms with Gasteiger partial charge in [-0.2, -0.15) is 0 Å². The van der Waals surface area contributed by atoms with Crippen molar-refractivity contribution in [2.75, 3.05) is 25.1 Å². The Balaban J connectivity index is 2.37. The molecule has 0 saturated carbocycles. The number of piperidine rings is 1. The van der Waals surface area contributed by atoms with Crippen LogP contribution in [0.1, 0.15) is 29.7 Å². The number of carbonyl (C=O) groups is 1. The van der Waals surface area contributed by atoms with Crippen LogP contribution in [0, 0.1) is 19.8 Å². The van der Waals surface area contributed by atoms with Gasteiger partial charge in [0.2, 0.25) is 0 Å². The number of nitrogens with two attached hydrogens (primary N) is 1. The molecule has 0 aliphatic carbocycles. The van der Waals surface area contributed by atoms with Crippen molar-refractivity contribution in [1.29, 1.82) is 0 Å². The van der Waals surface area contributed by atoms with Crippen LogP contribution in [0.25, 0.3) is 0 Å². The summed E-state index contributed by atoms with van der Waals surface area (Å²) in [5, 5.41) is 0. The zero-order valence-corrected chi connectivity index (χ0v) is 13.5. The first-order chi connectivity index (χ1) is 9.93. The summed E-state index contributed by atoms with van der Waals surface area (Å²) in [4.78, 5) is 18.8. The second-order valence-electron chi connectivity index (χ2n) is 5.45. The van der Waals surface area contributed by atoms with Crippen molar-refractivity contribution in [3.63, 3.8) is 0 Å². The lowest BCUT2D eigenvalue weighted by atomic mass is 9.97. The first-order valence-corrected chi connectivity index (χ1v) is 7.45. The molecule has 1 unspecified atom stereocenters. The summed E-state index contributed by atoms with van der Waals surface area (Å²) in [6.45, 7) is 5.37. The molecular weight excluding hydrogens is 286 g/mol. The number of aryl methyl sites for hydroxylation is 2. The number of carbonyl (C=O) groups excluding carboxylic acids is 1. The molecule has 6 heteroatoms. The highest BCUT2D eigenvalue weighted by Crippen LogP contribution is 2.27. The molecule has 0 bridgehead atoms. The molecule has 1 fully saturated rings. The summed E-state index contributed by atoms with van der Waals surface area (Å²) in [5.74, 6) is 0.500. The Morgan fingerprint density at radius 1 is 1.52 bits per heavy atom. The Kier molecular flexibility index (Phi) is 4.77. The van der Waals surface area contributed by atoms with Gasteiger partial charge in [0, 0.05) is 18.8 Å². The van der Waals surface area contributed by atoms with Crippen molar-refractivity contribution >= 4 is 29.0 Å². The van der Waals surface area contributed by atoms with Crippen molar-refractivity contribution < 1.29 is 9.53 Å². The molecule has 1 atom stereocenters. The lowest BCUT2D eigenvalue weighted by Gasteiger charge is -2.33. The highest BCUT2D eigenvalue weighted by molar-refractivity contribution is 7.80. The lowest BCUT2D eigenvalue weighted by Crippen LogP contribution is -2.40. The number of nitrogens with zero attached hydrogens (tertiary/aromatic N) is 2. The largest absolute Gasteiger partial charge is 0.469 e. The van der Waals surface area contributed by atoms with E-state index in [1.807, 2.05) is 19.9 Å². The van der Waals surface area contributed by atoms with E-state index in [0.717, 1.165) is 42.0 Å². The molecule has 0 spiro atoms. The van der Waals surface area contributed by atoms with Crippen LogP contribution in [-0.2, 0) is 9.53 Å². The van der Waals surface area contributed by atoms with Crippen LogP contribution >= 0.6 is 12.2 Å². The molecule has 1 aliphatic heterocycles. The minimum atomic E-state index is -0.166.